The van der Waals surface area contributed by atoms with Gasteiger partial charge in [-0.1, -0.05) is 40.7 Å². The number of likely N-dealkylation sites (tertiary alicyclic amines) is 1. The van der Waals surface area contributed by atoms with E-state index >= 15 is 0 Å². The van der Waals surface area contributed by atoms with E-state index in [0.717, 1.165) is 0 Å². The number of carboxylic acids is 1. The number of fused-ring (bicyclic) bond motifs is 1. The molecule has 164 valence electrons. The maximum atomic E-state index is 13.5. The maximum absolute atomic E-state index is 13.5. The van der Waals surface area contributed by atoms with Crippen LogP contribution in [0.2, 0.25) is 0 Å². The van der Waals surface area contributed by atoms with E-state index in [4.69, 9.17) is 0 Å². The van der Waals surface area contributed by atoms with Gasteiger partial charge in [-0.2, -0.15) is 0 Å². The average Bonchev–Trinajstić information content (AvgIpc) is 2.84. The fourth-order valence-corrected chi connectivity index (χ4v) is 5.17. The molecular formula is C22H37N3O4. The summed E-state index contributed by atoms with van der Waals surface area (Å²) in [5.74, 6) is -1.25. The van der Waals surface area contributed by atoms with E-state index in [1.54, 1.807) is 6.08 Å². The molecule has 4 atom stereocenters. The SMILES string of the molecule is C=CCC12C(C(=O)O)N(C(=O)[C@@H](NC(=O)NC(C)(C)C)C(C)(C)C)CC1C2(C)C. The summed E-state index contributed by atoms with van der Waals surface area (Å²) in [4.78, 5) is 39.7. The summed E-state index contributed by atoms with van der Waals surface area (Å²) in [6, 6.07) is -2.21. The zero-order valence-electron chi connectivity index (χ0n) is 19.0. The van der Waals surface area contributed by atoms with Crippen molar-refractivity contribution in [3.63, 3.8) is 0 Å². The van der Waals surface area contributed by atoms with Crippen molar-refractivity contribution in [1.29, 1.82) is 0 Å². The first-order valence-corrected chi connectivity index (χ1v) is 10.2. The molecule has 1 saturated heterocycles. The molecule has 0 aromatic heterocycles. The van der Waals surface area contributed by atoms with Gasteiger partial charge in [0.1, 0.15) is 12.1 Å². The molecule has 2 rings (SSSR count). The lowest BCUT2D eigenvalue weighted by Crippen LogP contribution is -2.61. The van der Waals surface area contributed by atoms with Gasteiger partial charge in [-0.05, 0) is 43.9 Å². The van der Waals surface area contributed by atoms with Crippen molar-refractivity contribution >= 4 is 17.9 Å². The van der Waals surface area contributed by atoms with Gasteiger partial charge in [-0.25, -0.2) is 9.59 Å². The number of piperidine rings is 1. The van der Waals surface area contributed by atoms with Crippen LogP contribution in [0.3, 0.4) is 0 Å². The molecule has 0 bridgehead atoms. The van der Waals surface area contributed by atoms with Crippen LogP contribution >= 0.6 is 0 Å². The Balaban J connectivity index is 2.33. The van der Waals surface area contributed by atoms with E-state index in [0.29, 0.717) is 13.0 Å². The standard InChI is InChI=1S/C22H37N3O4/c1-10-11-22-13(21(22,8)9)12-25(15(22)17(27)28)16(26)14(19(2,3)4)23-18(29)24-20(5,6)7/h10,13-15H,1,11-12H2,2-9H3,(H,27,28)(H2,23,24,29)/t13?,14-,15?,22?/m1/s1. The number of carbonyl (C=O) groups excluding carboxylic acids is 2. The highest BCUT2D eigenvalue weighted by molar-refractivity contribution is 5.92. The van der Waals surface area contributed by atoms with Gasteiger partial charge < -0.3 is 20.6 Å². The zero-order valence-corrected chi connectivity index (χ0v) is 19.0. The van der Waals surface area contributed by atoms with Crippen molar-refractivity contribution < 1.29 is 19.5 Å². The first-order chi connectivity index (χ1) is 13.0. The minimum absolute atomic E-state index is 0.0991. The number of aliphatic carboxylic acids is 1. The van der Waals surface area contributed by atoms with Crippen LogP contribution in [0.15, 0.2) is 12.7 Å². The van der Waals surface area contributed by atoms with Crippen molar-refractivity contribution in [2.75, 3.05) is 6.54 Å². The van der Waals surface area contributed by atoms with Crippen LogP contribution in [0.1, 0.15) is 61.8 Å². The third-order valence-electron chi connectivity index (χ3n) is 6.66. The molecule has 3 N–H and O–H groups in total. The summed E-state index contributed by atoms with van der Waals surface area (Å²) >= 11 is 0. The van der Waals surface area contributed by atoms with Gasteiger partial charge in [0.15, 0.2) is 0 Å². The minimum atomic E-state index is -1.000. The molecule has 7 heteroatoms. The molecule has 1 aliphatic carbocycles. The molecule has 2 aliphatic rings. The number of carbonyl (C=O) groups is 3. The summed E-state index contributed by atoms with van der Waals surface area (Å²) in [5, 5.41) is 15.6. The Bertz CT molecular complexity index is 717. The van der Waals surface area contributed by atoms with Crippen LogP contribution in [0.4, 0.5) is 4.79 Å². The smallest absolute Gasteiger partial charge is 0.327 e. The number of nitrogens with zero attached hydrogens (tertiary/aromatic N) is 1. The second-order valence-electron chi connectivity index (χ2n) is 11.2. The normalized spacial score (nSPS) is 28.9. The monoisotopic (exact) mass is 407 g/mol. The molecular weight excluding hydrogens is 370 g/mol. The van der Waals surface area contributed by atoms with Crippen LogP contribution in [-0.4, -0.2) is 52.1 Å². The number of carboxylic acid groups (broad SMARTS) is 1. The molecule has 7 nitrogen and oxygen atoms in total. The lowest BCUT2D eigenvalue weighted by Gasteiger charge is -2.39. The molecule has 3 unspecified atom stereocenters. The highest BCUT2D eigenvalue weighted by Crippen LogP contribution is 2.76. The Labute approximate surface area is 174 Å². The fourth-order valence-electron chi connectivity index (χ4n) is 5.17. The van der Waals surface area contributed by atoms with E-state index in [9.17, 15) is 19.5 Å². The lowest BCUT2D eigenvalue weighted by molar-refractivity contribution is -0.154. The lowest BCUT2D eigenvalue weighted by atomic mass is 9.82. The minimum Gasteiger partial charge on any atom is -0.480 e. The van der Waals surface area contributed by atoms with Crippen LogP contribution in [0.5, 0.6) is 0 Å². The molecule has 0 radical (unpaired) electrons. The highest BCUT2D eigenvalue weighted by Gasteiger charge is 2.80. The van der Waals surface area contributed by atoms with E-state index in [2.05, 4.69) is 31.1 Å². The topological polar surface area (TPSA) is 98.7 Å². The van der Waals surface area contributed by atoms with Gasteiger partial charge >= 0.3 is 12.0 Å². The third-order valence-corrected chi connectivity index (χ3v) is 6.66. The number of hydrogen-bond donors (Lipinski definition) is 3. The van der Waals surface area contributed by atoms with Crippen molar-refractivity contribution in [3.05, 3.63) is 12.7 Å². The summed E-state index contributed by atoms with van der Waals surface area (Å²) in [6.07, 6.45) is 2.30. The quantitative estimate of drug-likeness (QED) is 0.610. The Morgan fingerprint density at radius 3 is 2.17 bits per heavy atom. The largest absolute Gasteiger partial charge is 0.480 e. The zero-order chi connectivity index (χ0) is 22.6. The van der Waals surface area contributed by atoms with Crippen molar-refractivity contribution in [3.8, 4) is 0 Å². The predicted molar refractivity (Wildman–Crippen MR) is 112 cm³/mol. The van der Waals surface area contributed by atoms with Gasteiger partial charge in [-0.3, -0.25) is 4.79 Å². The maximum Gasteiger partial charge on any atom is 0.327 e. The summed E-state index contributed by atoms with van der Waals surface area (Å²) in [7, 11) is 0. The number of amides is 3. The van der Waals surface area contributed by atoms with Crippen molar-refractivity contribution in [1.82, 2.24) is 15.5 Å². The second kappa shape index (κ2) is 7.03. The molecule has 0 aromatic carbocycles. The van der Waals surface area contributed by atoms with Gasteiger partial charge in [0, 0.05) is 17.5 Å². The van der Waals surface area contributed by atoms with E-state index in [-0.39, 0.29) is 17.2 Å². The molecule has 2 fully saturated rings. The van der Waals surface area contributed by atoms with Gasteiger partial charge in [0.2, 0.25) is 5.91 Å². The summed E-state index contributed by atoms with van der Waals surface area (Å²) < 4.78 is 0. The van der Waals surface area contributed by atoms with Crippen LogP contribution in [-0.2, 0) is 9.59 Å². The molecule has 3 amide bonds. The van der Waals surface area contributed by atoms with E-state index in [1.807, 2.05) is 41.5 Å². The van der Waals surface area contributed by atoms with E-state index < -0.39 is 40.5 Å². The van der Waals surface area contributed by atoms with Gasteiger partial charge in [0.05, 0.1) is 0 Å². The Kier molecular flexibility index (Phi) is 5.63. The number of nitrogens with one attached hydrogen (secondary N) is 2. The first kappa shape index (κ1) is 23.2. The third kappa shape index (κ3) is 3.88. The number of hydrogen-bond acceptors (Lipinski definition) is 3. The van der Waals surface area contributed by atoms with Crippen molar-refractivity contribution in [2.24, 2.45) is 22.2 Å². The number of rotatable bonds is 5. The number of allylic oxidation sites excluding steroid dienone is 1. The molecule has 1 heterocycles. The Hall–Kier alpha value is -2.05. The van der Waals surface area contributed by atoms with E-state index in [1.165, 1.54) is 4.90 Å². The van der Waals surface area contributed by atoms with Gasteiger partial charge in [-0.15, -0.1) is 6.58 Å². The average molecular weight is 408 g/mol. The molecule has 1 saturated carbocycles. The van der Waals surface area contributed by atoms with Crippen LogP contribution < -0.4 is 10.6 Å². The molecule has 0 aromatic rings. The van der Waals surface area contributed by atoms with Crippen LogP contribution in [0, 0.1) is 22.2 Å². The second-order valence-corrected chi connectivity index (χ2v) is 11.2. The van der Waals surface area contributed by atoms with Gasteiger partial charge in [0.25, 0.3) is 0 Å². The highest BCUT2D eigenvalue weighted by atomic mass is 16.4. The predicted octanol–water partition coefficient (Wildman–Crippen LogP) is 3.01. The van der Waals surface area contributed by atoms with Crippen LogP contribution in [0.25, 0.3) is 0 Å². The summed E-state index contributed by atoms with van der Waals surface area (Å²) in [5.41, 5.74) is -1.71. The van der Waals surface area contributed by atoms with Crippen molar-refractivity contribution in [2.45, 2.75) is 79.4 Å². The fraction of sp³-hybridized carbons (Fsp3) is 0.773. The first-order valence-electron chi connectivity index (χ1n) is 10.2. The molecule has 1 aliphatic heterocycles. The molecule has 0 spiro atoms. The Morgan fingerprint density at radius 1 is 1.21 bits per heavy atom. The number of urea groups is 1. The summed E-state index contributed by atoms with van der Waals surface area (Å²) in [6.45, 7) is 19.5. The Morgan fingerprint density at radius 2 is 1.76 bits per heavy atom. The molecule has 29 heavy (non-hydrogen) atoms.